The van der Waals surface area contributed by atoms with E-state index in [9.17, 15) is 4.39 Å². The summed E-state index contributed by atoms with van der Waals surface area (Å²) >= 11 is 5.88. The average molecular weight is 272 g/mol. The van der Waals surface area contributed by atoms with Gasteiger partial charge in [0, 0.05) is 6.04 Å². The van der Waals surface area contributed by atoms with Crippen LogP contribution in [-0.2, 0) is 0 Å². The molecule has 0 fully saturated rings. The highest BCUT2D eigenvalue weighted by molar-refractivity contribution is 6.30. The summed E-state index contributed by atoms with van der Waals surface area (Å²) in [5, 5.41) is 3.76. The molecule has 0 aliphatic heterocycles. The Morgan fingerprint density at radius 3 is 2.39 bits per heavy atom. The third-order valence-corrected chi connectivity index (χ3v) is 3.73. The Morgan fingerprint density at radius 2 is 1.89 bits per heavy atom. The lowest BCUT2D eigenvalue weighted by Gasteiger charge is -2.27. The topological polar surface area (TPSA) is 12.0 Å². The van der Waals surface area contributed by atoms with E-state index in [0.717, 1.165) is 31.4 Å². The van der Waals surface area contributed by atoms with Crippen molar-refractivity contribution in [1.82, 2.24) is 5.32 Å². The molecule has 1 aromatic rings. The Hall–Kier alpha value is -0.600. The summed E-state index contributed by atoms with van der Waals surface area (Å²) in [4.78, 5) is 0. The van der Waals surface area contributed by atoms with Crippen molar-refractivity contribution in [1.29, 1.82) is 0 Å². The Balaban J connectivity index is 2.96. The fourth-order valence-electron chi connectivity index (χ4n) is 2.32. The fraction of sp³-hybridized carbons (Fsp3) is 0.600. The quantitative estimate of drug-likeness (QED) is 0.739. The van der Waals surface area contributed by atoms with Gasteiger partial charge in [0.2, 0.25) is 0 Å². The summed E-state index contributed by atoms with van der Waals surface area (Å²) in [5.41, 5.74) is 1.09. The Bertz CT molecular complexity index is 364. The van der Waals surface area contributed by atoms with Crippen molar-refractivity contribution in [3.63, 3.8) is 0 Å². The van der Waals surface area contributed by atoms with Gasteiger partial charge in [-0.25, -0.2) is 4.39 Å². The van der Waals surface area contributed by atoms with Crippen LogP contribution in [0, 0.1) is 11.7 Å². The van der Waals surface area contributed by atoms with Crippen LogP contribution in [0.5, 0.6) is 0 Å². The molecule has 0 saturated heterocycles. The van der Waals surface area contributed by atoms with Crippen LogP contribution < -0.4 is 5.32 Å². The monoisotopic (exact) mass is 271 g/mol. The number of rotatable bonds is 7. The van der Waals surface area contributed by atoms with E-state index in [1.807, 2.05) is 6.07 Å². The summed E-state index contributed by atoms with van der Waals surface area (Å²) in [6.07, 6.45) is 3.30. The highest BCUT2D eigenvalue weighted by Crippen LogP contribution is 2.29. The number of halogens is 2. The molecule has 0 spiro atoms. The maximum atomic E-state index is 13.2. The molecule has 0 bridgehead atoms. The highest BCUT2D eigenvalue weighted by atomic mass is 35.5. The van der Waals surface area contributed by atoms with Crippen molar-refractivity contribution in [2.75, 3.05) is 6.54 Å². The molecule has 0 heterocycles. The van der Waals surface area contributed by atoms with Gasteiger partial charge in [-0.3, -0.25) is 0 Å². The van der Waals surface area contributed by atoms with Crippen molar-refractivity contribution in [2.24, 2.45) is 5.92 Å². The molecular weight excluding hydrogens is 249 g/mol. The summed E-state index contributed by atoms with van der Waals surface area (Å²) in [7, 11) is 0. The van der Waals surface area contributed by atoms with E-state index >= 15 is 0 Å². The zero-order chi connectivity index (χ0) is 13.5. The van der Waals surface area contributed by atoms with Crippen LogP contribution in [0.1, 0.15) is 51.6 Å². The molecule has 0 saturated carbocycles. The second-order valence-corrected chi connectivity index (χ2v) is 5.09. The molecule has 102 valence electrons. The summed E-state index contributed by atoms with van der Waals surface area (Å²) in [6, 6.07) is 5.31. The molecule has 0 radical (unpaired) electrons. The molecule has 0 amide bonds. The van der Waals surface area contributed by atoms with Crippen LogP contribution in [0.2, 0.25) is 5.02 Å². The zero-order valence-electron chi connectivity index (χ0n) is 11.5. The summed E-state index contributed by atoms with van der Waals surface area (Å²) in [6.45, 7) is 7.50. The van der Waals surface area contributed by atoms with Gasteiger partial charge in [0.25, 0.3) is 0 Å². The van der Waals surface area contributed by atoms with E-state index < -0.39 is 0 Å². The fourth-order valence-corrected chi connectivity index (χ4v) is 2.51. The Labute approximate surface area is 115 Å². The van der Waals surface area contributed by atoms with Crippen LogP contribution in [0.25, 0.3) is 0 Å². The van der Waals surface area contributed by atoms with E-state index in [4.69, 9.17) is 11.6 Å². The Morgan fingerprint density at radius 1 is 1.22 bits per heavy atom. The van der Waals surface area contributed by atoms with Crippen LogP contribution in [0.4, 0.5) is 4.39 Å². The molecule has 1 unspecified atom stereocenters. The third kappa shape index (κ3) is 3.96. The third-order valence-electron chi connectivity index (χ3n) is 3.44. The molecule has 1 nitrogen and oxygen atoms in total. The maximum Gasteiger partial charge on any atom is 0.141 e. The molecule has 3 heteroatoms. The van der Waals surface area contributed by atoms with Crippen molar-refractivity contribution >= 4 is 11.6 Å². The summed E-state index contributed by atoms with van der Waals surface area (Å²) < 4.78 is 13.2. The molecule has 1 N–H and O–H groups in total. The standard InChI is InChI=1S/C15H23ClFN/c1-4-9-18-15(11(5-2)6-3)12-7-8-14(17)13(16)10-12/h7-8,10-11,15,18H,4-6,9H2,1-3H3. The van der Waals surface area contributed by atoms with Crippen LogP contribution in [0.3, 0.4) is 0 Å². The smallest absolute Gasteiger partial charge is 0.141 e. The van der Waals surface area contributed by atoms with Crippen molar-refractivity contribution < 1.29 is 4.39 Å². The van der Waals surface area contributed by atoms with Crippen molar-refractivity contribution in [3.8, 4) is 0 Å². The first-order valence-electron chi connectivity index (χ1n) is 6.82. The maximum absolute atomic E-state index is 13.2. The van der Waals surface area contributed by atoms with Gasteiger partial charge in [0.15, 0.2) is 0 Å². The van der Waals surface area contributed by atoms with Gasteiger partial charge < -0.3 is 5.32 Å². The minimum atomic E-state index is -0.348. The second-order valence-electron chi connectivity index (χ2n) is 4.68. The van der Waals surface area contributed by atoms with Gasteiger partial charge in [0.1, 0.15) is 5.82 Å². The summed E-state index contributed by atoms with van der Waals surface area (Å²) in [5.74, 6) is 0.206. The van der Waals surface area contributed by atoms with Gasteiger partial charge >= 0.3 is 0 Å². The van der Waals surface area contributed by atoms with Gasteiger partial charge in [-0.05, 0) is 36.6 Å². The predicted molar refractivity (Wildman–Crippen MR) is 76.5 cm³/mol. The first-order valence-corrected chi connectivity index (χ1v) is 7.20. The largest absolute Gasteiger partial charge is 0.310 e. The lowest BCUT2D eigenvalue weighted by atomic mass is 9.88. The highest BCUT2D eigenvalue weighted by Gasteiger charge is 2.20. The zero-order valence-corrected chi connectivity index (χ0v) is 12.2. The van der Waals surface area contributed by atoms with Crippen LogP contribution in [0.15, 0.2) is 18.2 Å². The predicted octanol–water partition coefficient (Wildman–Crippen LogP) is 4.96. The number of hydrogen-bond donors (Lipinski definition) is 1. The van der Waals surface area contributed by atoms with E-state index in [-0.39, 0.29) is 16.9 Å². The molecule has 1 atom stereocenters. The molecule has 1 rings (SSSR count). The lowest BCUT2D eigenvalue weighted by Crippen LogP contribution is -2.28. The van der Waals surface area contributed by atoms with Crippen LogP contribution >= 0.6 is 11.6 Å². The van der Waals surface area contributed by atoms with Crippen LogP contribution in [-0.4, -0.2) is 6.54 Å². The van der Waals surface area contributed by atoms with Gasteiger partial charge in [-0.2, -0.15) is 0 Å². The second kappa shape index (κ2) is 7.75. The van der Waals surface area contributed by atoms with Crippen molar-refractivity contribution in [3.05, 3.63) is 34.6 Å². The normalized spacial score (nSPS) is 13.0. The number of benzene rings is 1. The lowest BCUT2D eigenvalue weighted by molar-refractivity contribution is 0.341. The molecular formula is C15H23ClFN. The van der Waals surface area contributed by atoms with E-state index in [2.05, 4.69) is 26.1 Å². The molecule has 0 aliphatic carbocycles. The Kier molecular flexibility index (Phi) is 6.66. The van der Waals surface area contributed by atoms with Gasteiger partial charge in [0.05, 0.1) is 5.02 Å². The SMILES string of the molecule is CCCNC(c1ccc(F)c(Cl)c1)C(CC)CC. The molecule has 0 aliphatic rings. The van der Waals surface area contributed by atoms with E-state index in [1.165, 1.54) is 6.07 Å². The minimum Gasteiger partial charge on any atom is -0.310 e. The van der Waals surface area contributed by atoms with E-state index in [1.54, 1.807) is 6.07 Å². The van der Waals surface area contributed by atoms with Gasteiger partial charge in [-0.15, -0.1) is 0 Å². The molecule has 0 aromatic heterocycles. The minimum absolute atomic E-state index is 0.210. The molecule has 18 heavy (non-hydrogen) atoms. The first-order chi connectivity index (χ1) is 8.63. The number of nitrogens with one attached hydrogen (secondary N) is 1. The number of hydrogen-bond acceptors (Lipinski definition) is 1. The van der Waals surface area contributed by atoms with Crippen molar-refractivity contribution in [2.45, 2.75) is 46.1 Å². The first kappa shape index (κ1) is 15.5. The average Bonchev–Trinajstić information content (AvgIpc) is 2.38. The van der Waals surface area contributed by atoms with Gasteiger partial charge in [-0.1, -0.05) is 51.3 Å². The molecule has 1 aromatic carbocycles. The van der Waals surface area contributed by atoms with E-state index in [0.29, 0.717) is 5.92 Å².